The number of aliphatic hydroxyl groups excluding tert-OH is 1. The zero-order valence-corrected chi connectivity index (χ0v) is 16.5. The van der Waals surface area contributed by atoms with E-state index in [9.17, 15) is 9.59 Å². The second-order valence-electron chi connectivity index (χ2n) is 7.96. The van der Waals surface area contributed by atoms with E-state index in [2.05, 4.69) is 30.4 Å². The van der Waals surface area contributed by atoms with Crippen LogP contribution in [0, 0.1) is 11.8 Å². The molecule has 3 nitrogen and oxygen atoms in total. The molecule has 0 saturated heterocycles. The van der Waals surface area contributed by atoms with Crippen LogP contribution in [0.2, 0.25) is 0 Å². The smallest absolute Gasteiger partial charge is 0.167 e. The van der Waals surface area contributed by atoms with Crippen molar-refractivity contribution in [2.24, 2.45) is 11.8 Å². The molecule has 0 radical (unpaired) electrons. The van der Waals surface area contributed by atoms with Gasteiger partial charge in [-0.25, -0.2) is 0 Å². The predicted molar refractivity (Wildman–Crippen MR) is 115 cm³/mol. The molecule has 0 aromatic carbocycles. The van der Waals surface area contributed by atoms with Crippen molar-refractivity contribution in [2.75, 3.05) is 6.61 Å². The van der Waals surface area contributed by atoms with Crippen molar-refractivity contribution in [1.29, 1.82) is 0 Å². The molecular formula is C26H26O3. The second-order valence-corrected chi connectivity index (χ2v) is 7.96. The van der Waals surface area contributed by atoms with Crippen LogP contribution in [-0.4, -0.2) is 23.3 Å². The lowest BCUT2D eigenvalue weighted by Gasteiger charge is -2.19. The number of fused-ring (bicyclic) bond motifs is 2. The van der Waals surface area contributed by atoms with E-state index < -0.39 is 0 Å². The fraction of sp³-hybridized carbons (Fsp3) is 0.308. The third-order valence-electron chi connectivity index (χ3n) is 5.84. The maximum Gasteiger partial charge on any atom is 0.167 e. The normalized spacial score (nSPS) is 24.3. The molecule has 3 heteroatoms. The van der Waals surface area contributed by atoms with Gasteiger partial charge in [0, 0.05) is 24.5 Å². The number of hydrogen-bond donors (Lipinski definition) is 1. The monoisotopic (exact) mass is 386 g/mol. The number of Topliss-reactive ketones (excluding diaryl/α,β-unsaturated/α-hetero) is 1. The summed E-state index contributed by atoms with van der Waals surface area (Å²) >= 11 is 0. The lowest BCUT2D eigenvalue weighted by atomic mass is 9.83. The molecule has 0 heterocycles. The molecule has 4 rings (SSSR count). The van der Waals surface area contributed by atoms with Crippen molar-refractivity contribution in [3.8, 4) is 0 Å². The highest BCUT2D eigenvalue weighted by Crippen LogP contribution is 2.34. The van der Waals surface area contributed by atoms with E-state index in [0.717, 1.165) is 24.8 Å². The van der Waals surface area contributed by atoms with Crippen LogP contribution < -0.4 is 0 Å². The van der Waals surface area contributed by atoms with Crippen LogP contribution in [0.1, 0.15) is 32.1 Å². The maximum absolute atomic E-state index is 12.7. The Kier molecular flexibility index (Phi) is 5.86. The van der Waals surface area contributed by atoms with Crippen molar-refractivity contribution in [3.05, 3.63) is 94.7 Å². The van der Waals surface area contributed by atoms with Gasteiger partial charge in [0.25, 0.3) is 0 Å². The van der Waals surface area contributed by atoms with Gasteiger partial charge in [-0.05, 0) is 49.0 Å². The van der Waals surface area contributed by atoms with Crippen LogP contribution in [0.5, 0.6) is 0 Å². The fourth-order valence-corrected chi connectivity index (χ4v) is 4.22. The molecule has 148 valence electrons. The number of carbonyl (C=O) groups excluding carboxylic acids is 2. The van der Waals surface area contributed by atoms with Gasteiger partial charge in [-0.2, -0.15) is 0 Å². The number of aliphatic hydroxyl groups is 1. The van der Waals surface area contributed by atoms with Crippen LogP contribution >= 0.6 is 0 Å². The largest absolute Gasteiger partial charge is 0.396 e. The van der Waals surface area contributed by atoms with Gasteiger partial charge in [-0.1, -0.05) is 65.8 Å². The van der Waals surface area contributed by atoms with Gasteiger partial charge in [0.05, 0.1) is 5.92 Å². The van der Waals surface area contributed by atoms with Crippen LogP contribution in [0.15, 0.2) is 94.7 Å². The molecule has 0 saturated carbocycles. The summed E-state index contributed by atoms with van der Waals surface area (Å²) in [6.45, 7) is 0.246. The van der Waals surface area contributed by atoms with Crippen LogP contribution in [0.3, 0.4) is 0 Å². The van der Waals surface area contributed by atoms with Crippen molar-refractivity contribution < 1.29 is 14.7 Å². The minimum Gasteiger partial charge on any atom is -0.396 e. The maximum atomic E-state index is 12.7. The first-order valence-corrected chi connectivity index (χ1v) is 10.4. The van der Waals surface area contributed by atoms with Crippen molar-refractivity contribution >= 4 is 11.6 Å². The molecule has 0 bridgehead atoms. The summed E-state index contributed by atoms with van der Waals surface area (Å²) in [5, 5.41) is 8.93. The van der Waals surface area contributed by atoms with Gasteiger partial charge in [0.2, 0.25) is 0 Å². The molecular weight excluding hydrogens is 360 g/mol. The Morgan fingerprint density at radius 2 is 1.76 bits per heavy atom. The van der Waals surface area contributed by atoms with E-state index in [0.29, 0.717) is 24.3 Å². The Hall–Kier alpha value is -2.78. The van der Waals surface area contributed by atoms with E-state index in [4.69, 9.17) is 5.11 Å². The number of unbranched alkanes of at least 4 members (excludes halogenated alkanes) is 1. The van der Waals surface area contributed by atoms with E-state index in [-0.39, 0.29) is 24.1 Å². The molecule has 2 atom stereocenters. The summed E-state index contributed by atoms with van der Waals surface area (Å²) in [6, 6.07) is 0. The van der Waals surface area contributed by atoms with Gasteiger partial charge in [0.1, 0.15) is 0 Å². The SMILES string of the molecule is O=C(CCC1=CC2C=C(CCCCO)C=CC2=C1)C1=CC(=O)C2C=CC=CC2=C1. The van der Waals surface area contributed by atoms with E-state index in [1.165, 1.54) is 22.8 Å². The quantitative estimate of drug-likeness (QED) is 0.618. The summed E-state index contributed by atoms with van der Waals surface area (Å²) < 4.78 is 0. The zero-order chi connectivity index (χ0) is 20.2. The van der Waals surface area contributed by atoms with Crippen LogP contribution in [0.25, 0.3) is 0 Å². The third-order valence-corrected chi connectivity index (χ3v) is 5.84. The molecule has 0 fully saturated rings. The zero-order valence-electron chi connectivity index (χ0n) is 16.5. The van der Waals surface area contributed by atoms with Gasteiger partial charge in [0.15, 0.2) is 11.6 Å². The highest BCUT2D eigenvalue weighted by Gasteiger charge is 2.25. The first kappa shape index (κ1) is 19.5. The van der Waals surface area contributed by atoms with Gasteiger partial charge in [-0.15, -0.1) is 0 Å². The number of carbonyl (C=O) groups is 2. The molecule has 2 unspecified atom stereocenters. The van der Waals surface area contributed by atoms with E-state index >= 15 is 0 Å². The highest BCUT2D eigenvalue weighted by atomic mass is 16.2. The summed E-state index contributed by atoms with van der Waals surface area (Å²) in [5.41, 5.74) is 5.20. The number of allylic oxidation sites excluding steroid dienone is 16. The highest BCUT2D eigenvalue weighted by molar-refractivity contribution is 6.09. The van der Waals surface area contributed by atoms with Gasteiger partial charge >= 0.3 is 0 Å². The number of hydrogen-bond acceptors (Lipinski definition) is 3. The topological polar surface area (TPSA) is 54.4 Å². The molecule has 0 amide bonds. The van der Waals surface area contributed by atoms with Gasteiger partial charge in [-0.3, -0.25) is 9.59 Å². The minimum atomic E-state index is -0.230. The average Bonchev–Trinajstić information content (AvgIpc) is 3.14. The summed E-state index contributed by atoms with van der Waals surface area (Å²) in [6.07, 6.45) is 25.9. The molecule has 0 aromatic heterocycles. The summed E-state index contributed by atoms with van der Waals surface area (Å²) in [7, 11) is 0. The molecule has 1 N–H and O–H groups in total. The Balaban J connectivity index is 1.36. The van der Waals surface area contributed by atoms with Gasteiger partial charge < -0.3 is 5.11 Å². The summed E-state index contributed by atoms with van der Waals surface area (Å²) in [5.74, 6) is 0.0831. The fourth-order valence-electron chi connectivity index (χ4n) is 4.22. The van der Waals surface area contributed by atoms with E-state index in [1.807, 2.05) is 30.4 Å². The molecule has 0 aromatic rings. The Bertz CT molecular complexity index is 960. The lowest BCUT2D eigenvalue weighted by Crippen LogP contribution is -2.19. The first-order valence-electron chi connectivity index (χ1n) is 10.4. The van der Waals surface area contributed by atoms with Crippen molar-refractivity contribution in [1.82, 2.24) is 0 Å². The van der Waals surface area contributed by atoms with Crippen molar-refractivity contribution in [2.45, 2.75) is 32.1 Å². The third kappa shape index (κ3) is 4.46. The van der Waals surface area contributed by atoms with E-state index in [1.54, 1.807) is 0 Å². The Morgan fingerprint density at radius 1 is 0.897 bits per heavy atom. The standard InChI is InChI=1S/C26H26O3/c27-12-4-3-5-18-8-10-20-14-19(15-22(20)13-18)9-11-25(28)23-16-21-6-1-2-7-24(21)26(29)17-23/h1-2,6-8,10,13-17,22,24,27H,3-5,9,11-12H2. The van der Waals surface area contributed by atoms with Crippen molar-refractivity contribution in [3.63, 3.8) is 0 Å². The van der Waals surface area contributed by atoms with Crippen LogP contribution in [-0.2, 0) is 9.59 Å². The molecule has 29 heavy (non-hydrogen) atoms. The Morgan fingerprint density at radius 3 is 2.62 bits per heavy atom. The Labute approximate surface area is 171 Å². The molecule has 4 aliphatic carbocycles. The second kappa shape index (κ2) is 8.71. The first-order chi connectivity index (χ1) is 14.1. The minimum absolute atomic E-state index is 0.0105. The van der Waals surface area contributed by atoms with Crippen LogP contribution in [0.4, 0.5) is 0 Å². The number of rotatable bonds is 8. The average molecular weight is 386 g/mol. The number of ketones is 2. The summed E-state index contributed by atoms with van der Waals surface area (Å²) in [4.78, 5) is 25.0. The molecule has 0 spiro atoms. The lowest BCUT2D eigenvalue weighted by molar-refractivity contribution is -0.118. The molecule has 0 aliphatic heterocycles. The predicted octanol–water partition coefficient (Wildman–Crippen LogP) is 4.65. The molecule has 4 aliphatic rings.